The molecule has 1 aliphatic heterocycles. The normalized spacial score (nSPS) is 17.2. The summed E-state index contributed by atoms with van der Waals surface area (Å²) in [5.74, 6) is 1.66. The van der Waals surface area contributed by atoms with Crippen LogP contribution < -0.4 is 0 Å². The first-order valence-corrected chi connectivity index (χ1v) is 10.4. The Kier molecular flexibility index (Phi) is 5.63. The largest absolute Gasteiger partial charge is 0.342 e. The average molecular weight is 381 g/mol. The minimum Gasteiger partial charge on any atom is -0.342 e. The summed E-state index contributed by atoms with van der Waals surface area (Å²) >= 11 is 1.72. The van der Waals surface area contributed by atoms with Gasteiger partial charge in [-0.2, -0.15) is 0 Å². The summed E-state index contributed by atoms with van der Waals surface area (Å²) < 4.78 is 2.21. The van der Waals surface area contributed by atoms with Crippen molar-refractivity contribution in [1.82, 2.24) is 19.4 Å². The second-order valence-corrected chi connectivity index (χ2v) is 8.06. The molecule has 4 heterocycles. The van der Waals surface area contributed by atoms with Gasteiger partial charge in [0, 0.05) is 61.6 Å². The van der Waals surface area contributed by atoms with Gasteiger partial charge in [-0.25, -0.2) is 4.98 Å². The number of carbonyl (C=O) groups is 1. The molecule has 5 nitrogen and oxygen atoms in total. The molecule has 1 amide bonds. The van der Waals surface area contributed by atoms with Crippen molar-refractivity contribution in [3.8, 4) is 0 Å². The molecular formula is C21H24N4OS. The summed E-state index contributed by atoms with van der Waals surface area (Å²) in [6.45, 7) is 2.43. The fourth-order valence-corrected chi connectivity index (χ4v) is 4.47. The van der Waals surface area contributed by atoms with E-state index in [0.717, 1.165) is 44.7 Å². The molecule has 1 fully saturated rings. The quantitative estimate of drug-likeness (QED) is 0.655. The van der Waals surface area contributed by atoms with Crippen LogP contribution in [0.15, 0.2) is 54.4 Å². The third-order valence-electron chi connectivity index (χ3n) is 5.15. The van der Waals surface area contributed by atoms with Gasteiger partial charge in [0.25, 0.3) is 0 Å². The van der Waals surface area contributed by atoms with Crippen molar-refractivity contribution < 1.29 is 4.79 Å². The van der Waals surface area contributed by atoms with E-state index in [0.29, 0.717) is 12.3 Å². The first kappa shape index (κ1) is 17.9. The number of aryl methyl sites for hydroxylation is 1. The number of thiophene rings is 1. The number of aromatic nitrogens is 3. The minimum absolute atomic E-state index is 0.264. The van der Waals surface area contributed by atoms with Gasteiger partial charge in [0.1, 0.15) is 5.82 Å². The molecule has 3 aromatic heterocycles. The third-order valence-corrected chi connectivity index (χ3v) is 6.09. The molecule has 1 aliphatic rings. The zero-order valence-corrected chi connectivity index (χ0v) is 16.1. The second kappa shape index (κ2) is 8.48. The van der Waals surface area contributed by atoms with Gasteiger partial charge < -0.3 is 9.47 Å². The summed E-state index contributed by atoms with van der Waals surface area (Å²) in [6.07, 6.45) is 11.1. The lowest BCUT2D eigenvalue weighted by Gasteiger charge is -2.33. The Morgan fingerprint density at radius 3 is 2.93 bits per heavy atom. The maximum atomic E-state index is 12.7. The van der Waals surface area contributed by atoms with E-state index in [2.05, 4.69) is 26.0 Å². The van der Waals surface area contributed by atoms with Crippen LogP contribution in [0.5, 0.6) is 0 Å². The van der Waals surface area contributed by atoms with Crippen molar-refractivity contribution in [1.29, 1.82) is 0 Å². The number of carbonyl (C=O) groups excluding carboxylic acids is 1. The highest BCUT2D eigenvalue weighted by atomic mass is 32.1. The number of hydrogen-bond donors (Lipinski definition) is 0. The van der Waals surface area contributed by atoms with Crippen molar-refractivity contribution in [3.63, 3.8) is 0 Å². The summed E-state index contributed by atoms with van der Waals surface area (Å²) in [7, 11) is 0. The van der Waals surface area contributed by atoms with Crippen LogP contribution in [-0.2, 0) is 17.8 Å². The van der Waals surface area contributed by atoms with E-state index in [1.54, 1.807) is 11.3 Å². The van der Waals surface area contributed by atoms with Crippen molar-refractivity contribution in [2.24, 2.45) is 0 Å². The Morgan fingerprint density at radius 1 is 1.22 bits per heavy atom. The second-order valence-electron chi connectivity index (χ2n) is 7.03. The Bertz CT molecular complexity index is 859. The highest BCUT2D eigenvalue weighted by Crippen LogP contribution is 2.27. The Hall–Kier alpha value is -2.47. The van der Waals surface area contributed by atoms with Crippen molar-refractivity contribution >= 4 is 17.2 Å². The zero-order chi connectivity index (χ0) is 18.5. The van der Waals surface area contributed by atoms with Gasteiger partial charge in [0.2, 0.25) is 5.91 Å². The van der Waals surface area contributed by atoms with E-state index in [4.69, 9.17) is 0 Å². The predicted molar refractivity (Wildman–Crippen MR) is 107 cm³/mol. The van der Waals surface area contributed by atoms with Gasteiger partial charge >= 0.3 is 0 Å². The van der Waals surface area contributed by atoms with Gasteiger partial charge in [0.05, 0.1) is 0 Å². The Morgan fingerprint density at radius 2 is 2.11 bits per heavy atom. The number of piperidine rings is 1. The van der Waals surface area contributed by atoms with E-state index in [1.165, 1.54) is 10.4 Å². The van der Waals surface area contributed by atoms with Crippen molar-refractivity contribution in [2.45, 2.75) is 38.1 Å². The SMILES string of the molecule is O=C(CCc1cccs1)N1CCC[C@@H](c2nccn2Cc2ccncc2)C1. The van der Waals surface area contributed by atoms with Crippen LogP contribution in [0.4, 0.5) is 0 Å². The molecule has 140 valence electrons. The average Bonchev–Trinajstić information content (AvgIpc) is 3.39. The smallest absolute Gasteiger partial charge is 0.222 e. The van der Waals surface area contributed by atoms with E-state index in [-0.39, 0.29) is 5.91 Å². The number of likely N-dealkylation sites (tertiary alicyclic amines) is 1. The number of hydrogen-bond acceptors (Lipinski definition) is 4. The van der Waals surface area contributed by atoms with Crippen molar-refractivity contribution in [3.05, 3.63) is 70.7 Å². The van der Waals surface area contributed by atoms with Crippen LogP contribution in [0.2, 0.25) is 0 Å². The van der Waals surface area contributed by atoms with Gasteiger partial charge in [-0.15, -0.1) is 11.3 Å². The summed E-state index contributed by atoms with van der Waals surface area (Å²) in [4.78, 5) is 24.7. The fourth-order valence-electron chi connectivity index (χ4n) is 3.76. The molecule has 6 heteroatoms. The first-order chi connectivity index (χ1) is 13.3. The highest BCUT2D eigenvalue weighted by molar-refractivity contribution is 7.09. The molecule has 3 aromatic rings. The standard InChI is InChI=1S/C21H24N4OS/c26-20(6-5-19-4-2-14-27-19)24-12-1-3-18(16-24)21-23-11-13-25(21)15-17-7-9-22-10-8-17/h2,4,7-11,13-14,18H,1,3,5-6,12,15-16H2/t18-/m1/s1. The number of amides is 1. The molecule has 0 aromatic carbocycles. The molecular weight excluding hydrogens is 356 g/mol. The summed E-state index contributed by atoms with van der Waals surface area (Å²) in [5, 5.41) is 2.07. The van der Waals surface area contributed by atoms with Gasteiger partial charge in [-0.3, -0.25) is 9.78 Å². The topological polar surface area (TPSA) is 51.0 Å². The van der Waals surface area contributed by atoms with E-state index in [1.807, 2.05) is 47.9 Å². The van der Waals surface area contributed by atoms with E-state index < -0.39 is 0 Å². The molecule has 0 spiro atoms. The lowest BCUT2D eigenvalue weighted by atomic mass is 9.96. The molecule has 0 unspecified atom stereocenters. The molecule has 0 radical (unpaired) electrons. The Labute approximate surface area is 163 Å². The van der Waals surface area contributed by atoms with E-state index >= 15 is 0 Å². The molecule has 1 atom stereocenters. The van der Waals surface area contributed by atoms with E-state index in [9.17, 15) is 4.79 Å². The van der Waals surface area contributed by atoms with Gasteiger partial charge in [-0.05, 0) is 48.4 Å². The number of imidazole rings is 1. The maximum absolute atomic E-state index is 12.7. The lowest BCUT2D eigenvalue weighted by molar-refractivity contribution is -0.132. The predicted octanol–water partition coefficient (Wildman–Crippen LogP) is 3.73. The fraction of sp³-hybridized carbons (Fsp3) is 0.381. The summed E-state index contributed by atoms with van der Waals surface area (Å²) in [5.41, 5.74) is 1.21. The molecule has 0 aliphatic carbocycles. The molecule has 0 bridgehead atoms. The maximum Gasteiger partial charge on any atom is 0.222 e. The molecule has 4 rings (SSSR count). The summed E-state index contributed by atoms with van der Waals surface area (Å²) in [6, 6.07) is 8.22. The first-order valence-electron chi connectivity index (χ1n) is 9.49. The molecule has 1 saturated heterocycles. The van der Waals surface area contributed by atoms with Crippen LogP contribution in [0.1, 0.15) is 41.4 Å². The van der Waals surface area contributed by atoms with Crippen LogP contribution in [0.25, 0.3) is 0 Å². The number of pyridine rings is 1. The molecule has 0 N–H and O–H groups in total. The van der Waals surface area contributed by atoms with Crippen LogP contribution in [0, 0.1) is 0 Å². The van der Waals surface area contributed by atoms with Crippen molar-refractivity contribution in [2.75, 3.05) is 13.1 Å². The third kappa shape index (κ3) is 4.45. The zero-order valence-electron chi connectivity index (χ0n) is 15.3. The van der Waals surface area contributed by atoms with Crippen LogP contribution >= 0.6 is 11.3 Å². The van der Waals surface area contributed by atoms with Gasteiger partial charge in [-0.1, -0.05) is 6.07 Å². The number of nitrogens with zero attached hydrogens (tertiary/aromatic N) is 4. The minimum atomic E-state index is 0.264. The van der Waals surface area contributed by atoms with Crippen LogP contribution in [-0.4, -0.2) is 38.4 Å². The highest BCUT2D eigenvalue weighted by Gasteiger charge is 2.27. The Balaban J connectivity index is 1.40. The monoisotopic (exact) mass is 380 g/mol. The van der Waals surface area contributed by atoms with Gasteiger partial charge in [0.15, 0.2) is 0 Å². The molecule has 27 heavy (non-hydrogen) atoms. The van der Waals surface area contributed by atoms with Crippen LogP contribution in [0.3, 0.4) is 0 Å². The molecule has 0 saturated carbocycles. The number of rotatable bonds is 6. The lowest BCUT2D eigenvalue weighted by Crippen LogP contribution is -2.39.